The summed E-state index contributed by atoms with van der Waals surface area (Å²) < 4.78 is 0. The zero-order valence-electron chi connectivity index (χ0n) is 29.6. The molecule has 0 atom stereocenters. The van der Waals surface area contributed by atoms with E-state index in [0.29, 0.717) is 0 Å². The SMILES string of the molecule is c1cc(-c2ccc3ccccc3c2)cc(-c2ccc3c(ccc4cc(-c5ccc6c(ccc7cc(-c8ccc9ccccc9c8)ccc76)c5)ccc43)c2)c1. The minimum absolute atomic E-state index is 1.23. The number of hydrogen-bond acceptors (Lipinski definition) is 0. The van der Waals surface area contributed by atoms with E-state index in [4.69, 9.17) is 0 Å². The monoisotopic (exact) mass is 682 g/mol. The summed E-state index contributed by atoms with van der Waals surface area (Å²) in [5.41, 5.74) is 9.90. The third kappa shape index (κ3) is 5.23. The molecule has 0 aromatic heterocycles. The van der Waals surface area contributed by atoms with Gasteiger partial charge in [0.05, 0.1) is 0 Å². The Hall–Kier alpha value is -7.02. The number of benzene rings is 11. The summed E-state index contributed by atoms with van der Waals surface area (Å²) in [7, 11) is 0. The highest BCUT2D eigenvalue weighted by Gasteiger charge is 2.10. The van der Waals surface area contributed by atoms with E-state index in [1.807, 2.05) is 0 Å². The number of hydrogen-bond donors (Lipinski definition) is 0. The molecule has 0 radical (unpaired) electrons. The highest BCUT2D eigenvalue weighted by atomic mass is 14.1. The van der Waals surface area contributed by atoms with Gasteiger partial charge in [-0.25, -0.2) is 0 Å². The van der Waals surface area contributed by atoms with E-state index in [1.165, 1.54) is 109 Å². The van der Waals surface area contributed by atoms with Gasteiger partial charge >= 0.3 is 0 Å². The van der Waals surface area contributed by atoms with Gasteiger partial charge in [0.1, 0.15) is 0 Å². The summed E-state index contributed by atoms with van der Waals surface area (Å²) in [6, 6.07) is 76.2. The molecule has 0 heterocycles. The van der Waals surface area contributed by atoms with Crippen molar-refractivity contribution in [2.24, 2.45) is 0 Å². The fraction of sp³-hybridized carbons (Fsp3) is 0. The molecule has 0 heteroatoms. The largest absolute Gasteiger partial charge is 0.0616 e. The van der Waals surface area contributed by atoms with Crippen molar-refractivity contribution in [2.45, 2.75) is 0 Å². The molecule has 250 valence electrons. The number of rotatable bonds is 4. The lowest BCUT2D eigenvalue weighted by molar-refractivity contribution is 1.61. The van der Waals surface area contributed by atoms with Gasteiger partial charge in [-0.15, -0.1) is 0 Å². The van der Waals surface area contributed by atoms with Crippen molar-refractivity contribution >= 4 is 64.6 Å². The quantitative estimate of drug-likeness (QED) is 0.162. The van der Waals surface area contributed by atoms with Crippen LogP contribution in [0.5, 0.6) is 0 Å². The molecule has 0 saturated carbocycles. The molecule has 0 nitrogen and oxygen atoms in total. The maximum Gasteiger partial charge on any atom is -0.0105 e. The van der Waals surface area contributed by atoms with E-state index >= 15 is 0 Å². The van der Waals surface area contributed by atoms with Crippen LogP contribution < -0.4 is 0 Å². The van der Waals surface area contributed by atoms with Crippen LogP contribution in [-0.2, 0) is 0 Å². The van der Waals surface area contributed by atoms with E-state index in [2.05, 4.69) is 206 Å². The van der Waals surface area contributed by atoms with E-state index in [-0.39, 0.29) is 0 Å². The van der Waals surface area contributed by atoms with Crippen LogP contribution in [0.1, 0.15) is 0 Å². The van der Waals surface area contributed by atoms with E-state index in [0.717, 1.165) is 0 Å². The molecule has 54 heavy (non-hydrogen) atoms. The molecule has 0 N–H and O–H groups in total. The second kappa shape index (κ2) is 12.3. The van der Waals surface area contributed by atoms with E-state index < -0.39 is 0 Å². The molecule has 0 fully saturated rings. The van der Waals surface area contributed by atoms with Crippen molar-refractivity contribution in [1.82, 2.24) is 0 Å². The van der Waals surface area contributed by atoms with E-state index in [9.17, 15) is 0 Å². The average molecular weight is 683 g/mol. The van der Waals surface area contributed by atoms with Crippen molar-refractivity contribution in [1.29, 1.82) is 0 Å². The molecule has 0 saturated heterocycles. The lowest BCUT2D eigenvalue weighted by Crippen LogP contribution is -1.85. The van der Waals surface area contributed by atoms with Crippen LogP contribution in [0.2, 0.25) is 0 Å². The predicted octanol–water partition coefficient (Wildman–Crippen LogP) is 15.3. The van der Waals surface area contributed by atoms with Gasteiger partial charge in [-0.1, -0.05) is 164 Å². The second-order valence-corrected chi connectivity index (χ2v) is 14.6. The van der Waals surface area contributed by atoms with Crippen LogP contribution in [-0.4, -0.2) is 0 Å². The molecule has 11 aromatic carbocycles. The van der Waals surface area contributed by atoms with Gasteiger partial charge < -0.3 is 0 Å². The van der Waals surface area contributed by atoms with Gasteiger partial charge in [-0.2, -0.15) is 0 Å². The molecule has 0 bridgehead atoms. The van der Waals surface area contributed by atoms with Crippen LogP contribution in [0.15, 0.2) is 206 Å². The molecule has 0 amide bonds. The van der Waals surface area contributed by atoms with Gasteiger partial charge in [0.2, 0.25) is 0 Å². The van der Waals surface area contributed by atoms with Gasteiger partial charge in [0, 0.05) is 0 Å². The van der Waals surface area contributed by atoms with Crippen LogP contribution in [0, 0.1) is 0 Å². The first-order valence-corrected chi connectivity index (χ1v) is 18.7. The lowest BCUT2D eigenvalue weighted by atomic mass is 9.92. The third-order valence-corrected chi connectivity index (χ3v) is 11.4. The predicted molar refractivity (Wildman–Crippen MR) is 233 cm³/mol. The second-order valence-electron chi connectivity index (χ2n) is 14.6. The Labute approximate surface area is 314 Å². The van der Waals surface area contributed by atoms with Crippen molar-refractivity contribution < 1.29 is 0 Å². The maximum atomic E-state index is 2.34. The molecule has 0 aliphatic heterocycles. The first-order chi connectivity index (χ1) is 26.7. The third-order valence-electron chi connectivity index (χ3n) is 11.4. The van der Waals surface area contributed by atoms with Crippen molar-refractivity contribution in [3.63, 3.8) is 0 Å². The smallest absolute Gasteiger partial charge is 0.0105 e. The highest BCUT2D eigenvalue weighted by Crippen LogP contribution is 2.37. The highest BCUT2D eigenvalue weighted by molar-refractivity contribution is 6.11. The van der Waals surface area contributed by atoms with Gasteiger partial charge in [0.15, 0.2) is 0 Å². The Morgan fingerprint density at radius 1 is 0.148 bits per heavy atom. The maximum absolute atomic E-state index is 2.34. The van der Waals surface area contributed by atoms with Crippen molar-refractivity contribution in [3.8, 4) is 44.5 Å². The Balaban J connectivity index is 0.900. The molecule has 0 unspecified atom stereocenters. The summed E-state index contributed by atoms with van der Waals surface area (Å²) >= 11 is 0. The summed E-state index contributed by atoms with van der Waals surface area (Å²) in [4.78, 5) is 0. The fourth-order valence-corrected chi connectivity index (χ4v) is 8.48. The molecule has 0 spiro atoms. The van der Waals surface area contributed by atoms with E-state index in [1.54, 1.807) is 0 Å². The van der Waals surface area contributed by atoms with Crippen LogP contribution in [0.3, 0.4) is 0 Å². The lowest BCUT2D eigenvalue weighted by Gasteiger charge is -2.12. The Morgan fingerprint density at radius 3 is 0.759 bits per heavy atom. The minimum atomic E-state index is 1.23. The van der Waals surface area contributed by atoms with Crippen LogP contribution in [0.4, 0.5) is 0 Å². The summed E-state index contributed by atoms with van der Waals surface area (Å²) in [6.45, 7) is 0. The van der Waals surface area contributed by atoms with Crippen molar-refractivity contribution in [2.75, 3.05) is 0 Å². The summed E-state index contributed by atoms with van der Waals surface area (Å²) in [5, 5.41) is 15.2. The zero-order valence-corrected chi connectivity index (χ0v) is 29.6. The topological polar surface area (TPSA) is 0 Å². The molecule has 0 aliphatic rings. The number of fused-ring (bicyclic) bond motifs is 8. The van der Waals surface area contributed by atoms with Crippen molar-refractivity contribution in [3.05, 3.63) is 206 Å². The summed E-state index contributed by atoms with van der Waals surface area (Å²) in [5.74, 6) is 0. The Kier molecular flexibility index (Phi) is 6.97. The normalized spacial score (nSPS) is 11.7. The first kappa shape index (κ1) is 30.6. The van der Waals surface area contributed by atoms with Crippen LogP contribution in [0.25, 0.3) is 109 Å². The molecule has 11 aromatic rings. The standard InChI is InChI=1S/C54H34/c1-3-8-37-28-41(14-12-35(37)6-1)39-10-5-11-40(30-39)43-20-24-51-47(31-43)16-17-49-33-45(22-26-53(49)51)46-23-27-54-50(34-46)19-18-48-32-44(21-25-52(48)54)42-15-13-36-7-2-4-9-38(36)29-42/h1-34H. The molecular formula is C54H34. The van der Waals surface area contributed by atoms with Gasteiger partial charge in [-0.05, 0) is 152 Å². The average Bonchev–Trinajstić information content (AvgIpc) is 3.25. The summed E-state index contributed by atoms with van der Waals surface area (Å²) in [6.07, 6.45) is 0. The Morgan fingerprint density at radius 2 is 0.407 bits per heavy atom. The molecule has 0 aliphatic carbocycles. The Bertz CT molecular complexity index is 3270. The molecule has 11 rings (SSSR count). The fourth-order valence-electron chi connectivity index (χ4n) is 8.48. The zero-order chi connectivity index (χ0) is 35.6. The minimum Gasteiger partial charge on any atom is -0.0616 e. The van der Waals surface area contributed by atoms with Gasteiger partial charge in [-0.3, -0.25) is 0 Å². The molecular weight excluding hydrogens is 649 g/mol. The van der Waals surface area contributed by atoms with Crippen LogP contribution >= 0.6 is 0 Å². The first-order valence-electron chi connectivity index (χ1n) is 18.7. The van der Waals surface area contributed by atoms with Gasteiger partial charge in [0.25, 0.3) is 0 Å².